The maximum Gasteiger partial charge on any atom is 0.251 e. The highest BCUT2D eigenvalue weighted by molar-refractivity contribution is 5.83. The first-order valence-corrected chi connectivity index (χ1v) is 9.46. The molecular weight excluding hydrogens is 334 g/mol. The number of benzene rings is 3. The van der Waals surface area contributed by atoms with E-state index in [4.69, 9.17) is 4.84 Å². The van der Waals surface area contributed by atoms with E-state index in [-0.39, 0.29) is 17.9 Å². The van der Waals surface area contributed by atoms with Gasteiger partial charge in [-0.3, -0.25) is 9.63 Å². The van der Waals surface area contributed by atoms with Gasteiger partial charge in [0.2, 0.25) is 0 Å². The molecule has 1 atom stereocenters. The SMILES string of the molecule is O=C(NOC(c1ccccc1)c1ccccc1)C1CCCc2ccccc21. The quantitative estimate of drug-likeness (QED) is 0.657. The van der Waals surface area contributed by atoms with Gasteiger partial charge in [0.1, 0.15) is 6.10 Å². The monoisotopic (exact) mass is 357 g/mol. The number of hydroxylamine groups is 1. The van der Waals surface area contributed by atoms with Crippen molar-refractivity contribution in [2.24, 2.45) is 0 Å². The Hall–Kier alpha value is -2.91. The largest absolute Gasteiger partial charge is 0.272 e. The summed E-state index contributed by atoms with van der Waals surface area (Å²) < 4.78 is 0. The molecule has 1 aliphatic rings. The summed E-state index contributed by atoms with van der Waals surface area (Å²) in [5.74, 6) is -0.221. The van der Waals surface area contributed by atoms with E-state index in [1.54, 1.807) is 0 Å². The smallest absolute Gasteiger partial charge is 0.251 e. The van der Waals surface area contributed by atoms with Gasteiger partial charge in [-0.15, -0.1) is 0 Å². The molecule has 27 heavy (non-hydrogen) atoms. The molecule has 4 rings (SSSR count). The van der Waals surface area contributed by atoms with Crippen molar-refractivity contribution in [2.75, 3.05) is 0 Å². The van der Waals surface area contributed by atoms with E-state index >= 15 is 0 Å². The topological polar surface area (TPSA) is 38.3 Å². The Labute approximate surface area is 160 Å². The standard InChI is InChI=1S/C24H23NO2/c26-24(22-17-9-15-18-10-7-8-16-21(18)22)25-27-23(19-11-3-1-4-12-19)20-13-5-2-6-14-20/h1-8,10-14,16,22-23H,9,15,17H2,(H,25,26). The Kier molecular flexibility index (Phi) is 5.31. The van der Waals surface area contributed by atoms with E-state index in [1.165, 1.54) is 5.56 Å². The molecule has 1 unspecified atom stereocenters. The third kappa shape index (κ3) is 3.93. The number of carbonyl (C=O) groups is 1. The molecule has 3 nitrogen and oxygen atoms in total. The fourth-order valence-corrected chi connectivity index (χ4v) is 3.80. The lowest BCUT2D eigenvalue weighted by Gasteiger charge is -2.26. The second-order valence-corrected chi connectivity index (χ2v) is 6.93. The highest BCUT2D eigenvalue weighted by Crippen LogP contribution is 2.32. The van der Waals surface area contributed by atoms with Crippen molar-refractivity contribution < 1.29 is 9.63 Å². The Morgan fingerprint density at radius 3 is 2.11 bits per heavy atom. The van der Waals surface area contributed by atoms with Gasteiger partial charge < -0.3 is 0 Å². The molecule has 0 radical (unpaired) electrons. The summed E-state index contributed by atoms with van der Waals surface area (Å²) in [6.45, 7) is 0. The van der Waals surface area contributed by atoms with Crippen LogP contribution in [0.25, 0.3) is 0 Å². The van der Waals surface area contributed by atoms with Gasteiger partial charge in [0.15, 0.2) is 0 Å². The van der Waals surface area contributed by atoms with Gasteiger partial charge in [-0.05, 0) is 41.5 Å². The Balaban J connectivity index is 1.53. The van der Waals surface area contributed by atoms with Crippen molar-refractivity contribution in [3.05, 3.63) is 107 Å². The minimum absolute atomic E-state index is 0.0704. The number of nitrogens with one attached hydrogen (secondary N) is 1. The zero-order valence-electron chi connectivity index (χ0n) is 15.2. The van der Waals surface area contributed by atoms with E-state index in [1.807, 2.05) is 72.8 Å². The van der Waals surface area contributed by atoms with E-state index in [0.717, 1.165) is 36.0 Å². The molecule has 0 aliphatic heterocycles. The minimum atomic E-state index is -0.338. The van der Waals surface area contributed by atoms with Gasteiger partial charge in [-0.2, -0.15) is 0 Å². The number of carbonyl (C=O) groups excluding carboxylic acids is 1. The molecule has 1 N–H and O–H groups in total. The summed E-state index contributed by atoms with van der Waals surface area (Å²) in [7, 11) is 0. The summed E-state index contributed by atoms with van der Waals surface area (Å²) >= 11 is 0. The zero-order valence-corrected chi connectivity index (χ0v) is 15.2. The van der Waals surface area contributed by atoms with Gasteiger partial charge in [-0.25, -0.2) is 5.48 Å². The molecule has 0 bridgehead atoms. The lowest BCUT2D eigenvalue weighted by atomic mass is 9.82. The number of aryl methyl sites for hydroxylation is 1. The highest BCUT2D eigenvalue weighted by atomic mass is 16.7. The van der Waals surface area contributed by atoms with Crippen molar-refractivity contribution in [3.8, 4) is 0 Å². The molecule has 1 amide bonds. The first-order valence-electron chi connectivity index (χ1n) is 9.46. The lowest BCUT2D eigenvalue weighted by Crippen LogP contribution is -2.33. The van der Waals surface area contributed by atoms with Crippen LogP contribution in [-0.2, 0) is 16.1 Å². The average molecular weight is 357 g/mol. The summed E-state index contributed by atoms with van der Waals surface area (Å²) in [6.07, 6.45) is 2.58. The number of hydrogen-bond acceptors (Lipinski definition) is 2. The molecule has 0 saturated carbocycles. The fraction of sp³-hybridized carbons (Fsp3) is 0.208. The van der Waals surface area contributed by atoms with E-state index in [2.05, 4.69) is 17.6 Å². The number of hydrogen-bond donors (Lipinski definition) is 1. The predicted octanol–water partition coefficient (Wildman–Crippen LogP) is 4.94. The molecule has 0 spiro atoms. The summed E-state index contributed by atoms with van der Waals surface area (Å²) in [6, 6.07) is 28.1. The highest BCUT2D eigenvalue weighted by Gasteiger charge is 2.27. The predicted molar refractivity (Wildman–Crippen MR) is 106 cm³/mol. The molecule has 3 aromatic carbocycles. The summed E-state index contributed by atoms with van der Waals surface area (Å²) in [4.78, 5) is 18.8. The van der Waals surface area contributed by atoms with Gasteiger partial charge in [0.25, 0.3) is 5.91 Å². The van der Waals surface area contributed by atoms with Crippen LogP contribution in [0.2, 0.25) is 0 Å². The van der Waals surface area contributed by atoms with Crippen LogP contribution in [0.15, 0.2) is 84.9 Å². The third-order valence-electron chi connectivity index (χ3n) is 5.17. The molecule has 0 heterocycles. The van der Waals surface area contributed by atoms with Crippen molar-refractivity contribution in [2.45, 2.75) is 31.3 Å². The van der Waals surface area contributed by atoms with Crippen LogP contribution >= 0.6 is 0 Å². The third-order valence-corrected chi connectivity index (χ3v) is 5.17. The normalized spacial score (nSPS) is 16.0. The molecule has 136 valence electrons. The van der Waals surface area contributed by atoms with E-state index < -0.39 is 0 Å². The maximum absolute atomic E-state index is 12.9. The lowest BCUT2D eigenvalue weighted by molar-refractivity contribution is -0.138. The van der Waals surface area contributed by atoms with Crippen molar-refractivity contribution in [3.63, 3.8) is 0 Å². The Morgan fingerprint density at radius 1 is 0.852 bits per heavy atom. The van der Waals surface area contributed by atoms with Gasteiger partial charge in [0.05, 0.1) is 5.92 Å². The first-order chi connectivity index (χ1) is 13.3. The molecule has 0 fully saturated rings. The van der Waals surface area contributed by atoms with Crippen molar-refractivity contribution in [1.82, 2.24) is 5.48 Å². The fourth-order valence-electron chi connectivity index (χ4n) is 3.80. The molecule has 3 heteroatoms. The van der Waals surface area contributed by atoms with Crippen molar-refractivity contribution in [1.29, 1.82) is 0 Å². The second kappa shape index (κ2) is 8.19. The van der Waals surface area contributed by atoms with Gasteiger partial charge in [-0.1, -0.05) is 84.9 Å². The van der Waals surface area contributed by atoms with Crippen LogP contribution in [0.4, 0.5) is 0 Å². The van der Waals surface area contributed by atoms with Crippen LogP contribution in [0, 0.1) is 0 Å². The Bertz CT molecular complexity index is 853. The number of rotatable bonds is 5. The van der Waals surface area contributed by atoms with Crippen LogP contribution in [-0.4, -0.2) is 5.91 Å². The Morgan fingerprint density at radius 2 is 1.44 bits per heavy atom. The van der Waals surface area contributed by atoms with E-state index in [0.29, 0.717) is 0 Å². The van der Waals surface area contributed by atoms with E-state index in [9.17, 15) is 4.79 Å². The maximum atomic E-state index is 12.9. The van der Waals surface area contributed by atoms with Gasteiger partial charge in [0, 0.05) is 0 Å². The van der Waals surface area contributed by atoms with Crippen molar-refractivity contribution >= 4 is 5.91 Å². The molecule has 3 aromatic rings. The molecular formula is C24H23NO2. The van der Waals surface area contributed by atoms with Crippen LogP contribution in [0.1, 0.15) is 47.1 Å². The molecule has 1 aliphatic carbocycles. The minimum Gasteiger partial charge on any atom is -0.272 e. The van der Waals surface area contributed by atoms with Crippen LogP contribution in [0.5, 0.6) is 0 Å². The van der Waals surface area contributed by atoms with Crippen LogP contribution < -0.4 is 5.48 Å². The first kappa shape index (κ1) is 17.5. The average Bonchev–Trinajstić information content (AvgIpc) is 2.75. The number of fused-ring (bicyclic) bond motifs is 1. The number of amides is 1. The molecule has 0 saturated heterocycles. The zero-order chi connectivity index (χ0) is 18.5. The van der Waals surface area contributed by atoms with Crippen LogP contribution in [0.3, 0.4) is 0 Å². The van der Waals surface area contributed by atoms with Gasteiger partial charge >= 0.3 is 0 Å². The second-order valence-electron chi connectivity index (χ2n) is 6.93. The summed E-state index contributed by atoms with van der Waals surface area (Å²) in [5.41, 5.74) is 7.16. The molecule has 0 aromatic heterocycles. The summed E-state index contributed by atoms with van der Waals surface area (Å²) in [5, 5.41) is 0.